The van der Waals surface area contributed by atoms with E-state index in [9.17, 15) is 0 Å². The summed E-state index contributed by atoms with van der Waals surface area (Å²) < 4.78 is 0. The van der Waals surface area contributed by atoms with Gasteiger partial charge in [-0.25, -0.2) is 0 Å². The molecule has 1 aliphatic rings. The molecule has 8 aromatic rings. The third kappa shape index (κ3) is 4.09. The van der Waals surface area contributed by atoms with Gasteiger partial charge in [0.1, 0.15) is 0 Å². The molecule has 0 aromatic heterocycles. The predicted molar refractivity (Wildman–Crippen MR) is 197 cm³/mol. The maximum atomic E-state index is 2.48. The average Bonchev–Trinajstić information content (AvgIpc) is 3.33. The standard InChI is InChI=1S/C45H33N/c1-45(2)42-28-33-16-9-8-15-32(33)27-41(42)39-21-12-22-43(44(39)45)46(36-18-4-3-5-19-36)37-26-34-17-10-11-20-38(34)40(29-37)35-24-23-30-13-6-7-14-31(30)25-35/h3-29H,1-2H3. The number of fused-ring (bicyclic) bond motifs is 6. The molecule has 8 aromatic carbocycles. The summed E-state index contributed by atoms with van der Waals surface area (Å²) in [4.78, 5) is 2.48. The first-order valence-electron chi connectivity index (χ1n) is 16.1. The number of rotatable bonds is 4. The van der Waals surface area contributed by atoms with Crippen LogP contribution in [0.5, 0.6) is 0 Å². The Labute approximate surface area is 270 Å². The van der Waals surface area contributed by atoms with Gasteiger partial charge in [0.2, 0.25) is 0 Å². The van der Waals surface area contributed by atoms with E-state index in [2.05, 4.69) is 183 Å². The van der Waals surface area contributed by atoms with Gasteiger partial charge in [-0.15, -0.1) is 0 Å². The first kappa shape index (κ1) is 26.7. The van der Waals surface area contributed by atoms with E-state index < -0.39 is 0 Å². The lowest BCUT2D eigenvalue weighted by molar-refractivity contribution is 0.661. The van der Waals surface area contributed by atoms with Crippen LogP contribution < -0.4 is 4.90 Å². The minimum Gasteiger partial charge on any atom is -0.310 e. The maximum Gasteiger partial charge on any atom is 0.0508 e. The Bertz CT molecular complexity index is 2450. The fourth-order valence-corrected chi connectivity index (χ4v) is 7.75. The zero-order valence-electron chi connectivity index (χ0n) is 26.0. The van der Waals surface area contributed by atoms with E-state index in [1.165, 1.54) is 71.4 Å². The van der Waals surface area contributed by atoms with Crippen molar-refractivity contribution in [2.24, 2.45) is 0 Å². The van der Waals surface area contributed by atoms with Crippen molar-refractivity contribution in [1.29, 1.82) is 0 Å². The molecule has 0 atom stereocenters. The minimum atomic E-state index is -0.184. The van der Waals surface area contributed by atoms with Crippen LogP contribution in [0.25, 0.3) is 54.6 Å². The molecule has 0 saturated carbocycles. The lowest BCUT2D eigenvalue weighted by Crippen LogP contribution is -2.20. The summed E-state index contributed by atoms with van der Waals surface area (Å²) in [5.41, 5.74) is 11.2. The van der Waals surface area contributed by atoms with Gasteiger partial charge in [0.25, 0.3) is 0 Å². The second kappa shape index (κ2) is 10.2. The number of nitrogens with zero attached hydrogens (tertiary/aromatic N) is 1. The molecule has 1 aliphatic carbocycles. The summed E-state index contributed by atoms with van der Waals surface area (Å²) in [6.45, 7) is 4.78. The van der Waals surface area contributed by atoms with Crippen LogP contribution >= 0.6 is 0 Å². The van der Waals surface area contributed by atoms with E-state index >= 15 is 0 Å². The second-order valence-electron chi connectivity index (χ2n) is 13.0. The van der Waals surface area contributed by atoms with Crippen LogP contribution in [0.1, 0.15) is 25.0 Å². The molecule has 0 saturated heterocycles. The summed E-state index contributed by atoms with van der Waals surface area (Å²) in [7, 11) is 0. The molecule has 0 spiro atoms. The second-order valence-corrected chi connectivity index (χ2v) is 13.0. The summed E-state index contributed by atoms with van der Waals surface area (Å²) >= 11 is 0. The highest BCUT2D eigenvalue weighted by molar-refractivity contribution is 6.03. The third-order valence-corrected chi connectivity index (χ3v) is 9.94. The van der Waals surface area contributed by atoms with Crippen molar-refractivity contribution in [3.63, 3.8) is 0 Å². The first-order valence-corrected chi connectivity index (χ1v) is 16.1. The molecular formula is C45H33N. The van der Waals surface area contributed by atoms with Crippen LogP contribution in [-0.4, -0.2) is 0 Å². The van der Waals surface area contributed by atoms with Gasteiger partial charge in [0.05, 0.1) is 5.69 Å². The normalized spacial score (nSPS) is 13.2. The lowest BCUT2D eigenvalue weighted by Gasteiger charge is -2.32. The fourth-order valence-electron chi connectivity index (χ4n) is 7.75. The molecule has 218 valence electrons. The zero-order chi connectivity index (χ0) is 30.8. The average molecular weight is 588 g/mol. The summed E-state index contributed by atoms with van der Waals surface area (Å²) in [6, 6.07) is 60.2. The number of benzene rings is 8. The topological polar surface area (TPSA) is 3.24 Å². The number of hydrogen-bond acceptors (Lipinski definition) is 1. The molecule has 0 fully saturated rings. The molecule has 0 radical (unpaired) electrons. The van der Waals surface area contributed by atoms with E-state index in [4.69, 9.17) is 0 Å². The van der Waals surface area contributed by atoms with E-state index in [1.54, 1.807) is 0 Å². The Balaban J connectivity index is 1.31. The van der Waals surface area contributed by atoms with Gasteiger partial charge in [-0.1, -0.05) is 129 Å². The summed E-state index contributed by atoms with van der Waals surface area (Å²) in [5, 5.41) is 7.56. The van der Waals surface area contributed by atoms with Gasteiger partial charge < -0.3 is 4.90 Å². The van der Waals surface area contributed by atoms with Gasteiger partial charge in [-0.2, -0.15) is 0 Å². The van der Waals surface area contributed by atoms with E-state index in [0.29, 0.717) is 0 Å². The molecule has 0 bridgehead atoms. The van der Waals surface area contributed by atoms with Gasteiger partial charge in [-0.3, -0.25) is 0 Å². The Kier molecular flexibility index (Phi) is 5.92. The van der Waals surface area contributed by atoms with Crippen LogP contribution in [-0.2, 0) is 5.41 Å². The molecule has 1 heteroatoms. The van der Waals surface area contributed by atoms with Gasteiger partial charge in [0, 0.05) is 16.8 Å². The van der Waals surface area contributed by atoms with Crippen molar-refractivity contribution in [2.75, 3.05) is 4.90 Å². The maximum absolute atomic E-state index is 2.48. The van der Waals surface area contributed by atoms with Crippen molar-refractivity contribution in [3.05, 3.63) is 175 Å². The van der Waals surface area contributed by atoms with Crippen LogP contribution in [0.3, 0.4) is 0 Å². The quantitative estimate of drug-likeness (QED) is 0.198. The van der Waals surface area contributed by atoms with Crippen molar-refractivity contribution >= 4 is 49.4 Å². The molecule has 1 nitrogen and oxygen atoms in total. The van der Waals surface area contributed by atoms with Crippen LogP contribution in [0.2, 0.25) is 0 Å². The van der Waals surface area contributed by atoms with Crippen LogP contribution in [0.4, 0.5) is 17.1 Å². The number of hydrogen-bond donors (Lipinski definition) is 0. The highest BCUT2D eigenvalue weighted by Gasteiger charge is 2.39. The van der Waals surface area contributed by atoms with Crippen LogP contribution in [0, 0.1) is 0 Å². The van der Waals surface area contributed by atoms with Crippen molar-refractivity contribution in [2.45, 2.75) is 19.3 Å². The number of anilines is 3. The number of para-hydroxylation sites is 1. The molecule has 0 aliphatic heterocycles. The summed E-state index contributed by atoms with van der Waals surface area (Å²) in [5.74, 6) is 0. The van der Waals surface area contributed by atoms with Gasteiger partial charge in [0.15, 0.2) is 0 Å². The predicted octanol–water partition coefficient (Wildman–Crippen LogP) is 12.6. The molecule has 9 rings (SSSR count). The third-order valence-electron chi connectivity index (χ3n) is 9.94. The molecule has 0 heterocycles. The van der Waals surface area contributed by atoms with Gasteiger partial charge >= 0.3 is 0 Å². The Morgan fingerprint density at radius 2 is 1.07 bits per heavy atom. The monoisotopic (exact) mass is 587 g/mol. The van der Waals surface area contributed by atoms with Crippen molar-refractivity contribution in [1.82, 2.24) is 0 Å². The fraction of sp³-hybridized carbons (Fsp3) is 0.0667. The zero-order valence-corrected chi connectivity index (χ0v) is 26.0. The van der Waals surface area contributed by atoms with E-state index in [0.717, 1.165) is 11.4 Å². The SMILES string of the molecule is CC1(C)c2cc3ccccc3cc2-c2cccc(N(c3ccccc3)c3cc(-c4ccc5ccccc5c4)c4ccccc4c3)c21. The molecule has 0 amide bonds. The van der Waals surface area contributed by atoms with Crippen LogP contribution in [0.15, 0.2) is 164 Å². The van der Waals surface area contributed by atoms with Crippen molar-refractivity contribution in [3.8, 4) is 22.3 Å². The smallest absolute Gasteiger partial charge is 0.0508 e. The summed E-state index contributed by atoms with van der Waals surface area (Å²) in [6.07, 6.45) is 0. The minimum absolute atomic E-state index is 0.184. The Morgan fingerprint density at radius 3 is 1.85 bits per heavy atom. The highest BCUT2D eigenvalue weighted by atomic mass is 15.1. The Morgan fingerprint density at radius 1 is 0.413 bits per heavy atom. The molecular weight excluding hydrogens is 555 g/mol. The molecule has 46 heavy (non-hydrogen) atoms. The lowest BCUT2D eigenvalue weighted by atomic mass is 9.80. The van der Waals surface area contributed by atoms with E-state index in [1.807, 2.05) is 0 Å². The first-order chi connectivity index (χ1) is 22.6. The molecule has 0 unspecified atom stereocenters. The van der Waals surface area contributed by atoms with E-state index in [-0.39, 0.29) is 5.41 Å². The van der Waals surface area contributed by atoms with Crippen molar-refractivity contribution < 1.29 is 0 Å². The highest BCUT2D eigenvalue weighted by Crippen LogP contribution is 2.55. The van der Waals surface area contributed by atoms with Gasteiger partial charge in [-0.05, 0) is 114 Å². The largest absolute Gasteiger partial charge is 0.310 e. The molecule has 0 N–H and O–H groups in total. The Hall–Kier alpha value is -5.66.